The Morgan fingerprint density at radius 2 is 2.06 bits per heavy atom. The van der Waals surface area contributed by atoms with Crippen LogP contribution in [0.15, 0.2) is 18.2 Å². The van der Waals surface area contributed by atoms with E-state index in [9.17, 15) is 9.59 Å². The van der Waals surface area contributed by atoms with E-state index in [1.807, 2.05) is 26.0 Å². The topological polar surface area (TPSA) is 57.6 Å². The van der Waals surface area contributed by atoms with Crippen LogP contribution in [0.25, 0.3) is 0 Å². The van der Waals surface area contributed by atoms with Gasteiger partial charge in [0.15, 0.2) is 0 Å². The lowest BCUT2D eigenvalue weighted by molar-refractivity contribution is -0.140. The van der Waals surface area contributed by atoms with Crippen molar-refractivity contribution in [3.63, 3.8) is 0 Å². The van der Waals surface area contributed by atoms with Gasteiger partial charge in [-0.2, -0.15) is 0 Å². The SMILES string of the molecule is Cc1ccc(C(=O)N2CSC[C@H]2C(=O)O)cc1C. The number of aryl methyl sites for hydroxylation is 2. The second-order valence-electron chi connectivity index (χ2n) is 4.43. The van der Waals surface area contributed by atoms with E-state index in [0.29, 0.717) is 17.2 Å². The Kier molecular flexibility index (Phi) is 3.61. The Hall–Kier alpha value is -1.49. The summed E-state index contributed by atoms with van der Waals surface area (Å²) in [5, 5.41) is 9.07. The molecule has 1 aliphatic rings. The molecule has 18 heavy (non-hydrogen) atoms. The quantitative estimate of drug-likeness (QED) is 0.887. The molecule has 0 spiro atoms. The molecule has 1 heterocycles. The van der Waals surface area contributed by atoms with Crippen molar-refractivity contribution in [3.05, 3.63) is 34.9 Å². The van der Waals surface area contributed by atoms with Crippen molar-refractivity contribution in [2.75, 3.05) is 11.6 Å². The van der Waals surface area contributed by atoms with Gasteiger partial charge in [-0.25, -0.2) is 4.79 Å². The molecule has 4 nitrogen and oxygen atoms in total. The number of thioether (sulfide) groups is 1. The first-order valence-electron chi connectivity index (χ1n) is 5.69. The average molecular weight is 265 g/mol. The van der Waals surface area contributed by atoms with Crippen LogP contribution in [0, 0.1) is 13.8 Å². The molecule has 0 radical (unpaired) electrons. The van der Waals surface area contributed by atoms with Crippen LogP contribution in [0.4, 0.5) is 0 Å². The third-order valence-corrected chi connectivity index (χ3v) is 4.19. The molecule has 1 aromatic rings. The highest BCUT2D eigenvalue weighted by Gasteiger charge is 2.34. The van der Waals surface area contributed by atoms with Gasteiger partial charge in [-0.15, -0.1) is 11.8 Å². The smallest absolute Gasteiger partial charge is 0.327 e. The maximum Gasteiger partial charge on any atom is 0.327 e. The van der Waals surface area contributed by atoms with Crippen LogP contribution in [0.2, 0.25) is 0 Å². The first-order chi connectivity index (χ1) is 8.50. The van der Waals surface area contributed by atoms with Crippen LogP contribution in [-0.2, 0) is 4.79 Å². The second-order valence-corrected chi connectivity index (χ2v) is 5.43. The molecule has 1 aliphatic heterocycles. The molecule has 1 atom stereocenters. The maximum absolute atomic E-state index is 12.3. The van der Waals surface area contributed by atoms with Crippen molar-refractivity contribution >= 4 is 23.6 Å². The molecular formula is C13H15NO3S. The predicted molar refractivity (Wildman–Crippen MR) is 70.8 cm³/mol. The van der Waals surface area contributed by atoms with Crippen LogP contribution in [0.5, 0.6) is 0 Å². The standard InChI is InChI=1S/C13H15NO3S/c1-8-3-4-10(5-9(8)2)12(15)14-7-18-6-11(14)13(16)17/h3-5,11H,6-7H2,1-2H3,(H,16,17)/t11-/m0/s1. The largest absolute Gasteiger partial charge is 0.480 e. The van der Waals surface area contributed by atoms with Gasteiger partial charge in [-0.1, -0.05) is 6.07 Å². The molecule has 0 unspecified atom stereocenters. The van der Waals surface area contributed by atoms with Crippen molar-refractivity contribution in [1.82, 2.24) is 4.90 Å². The van der Waals surface area contributed by atoms with Gasteiger partial charge in [0.25, 0.3) is 5.91 Å². The number of carboxylic acid groups (broad SMARTS) is 1. The number of carbonyl (C=O) groups excluding carboxylic acids is 1. The van der Waals surface area contributed by atoms with E-state index in [1.54, 1.807) is 6.07 Å². The lowest BCUT2D eigenvalue weighted by atomic mass is 10.1. The van der Waals surface area contributed by atoms with Gasteiger partial charge < -0.3 is 10.0 Å². The van der Waals surface area contributed by atoms with E-state index in [0.717, 1.165) is 11.1 Å². The molecule has 0 aliphatic carbocycles. The van der Waals surface area contributed by atoms with Gasteiger partial charge in [-0.05, 0) is 37.1 Å². The number of amides is 1. The minimum Gasteiger partial charge on any atom is -0.480 e. The number of benzene rings is 1. The minimum absolute atomic E-state index is 0.199. The highest BCUT2D eigenvalue weighted by Crippen LogP contribution is 2.24. The second kappa shape index (κ2) is 5.02. The highest BCUT2D eigenvalue weighted by molar-refractivity contribution is 7.99. The van der Waals surface area contributed by atoms with Gasteiger partial charge in [0.05, 0.1) is 5.88 Å². The lowest BCUT2D eigenvalue weighted by Gasteiger charge is -2.20. The number of rotatable bonds is 2. The van der Waals surface area contributed by atoms with Crippen LogP contribution < -0.4 is 0 Å². The summed E-state index contributed by atoms with van der Waals surface area (Å²) in [5.74, 6) is -0.220. The molecule has 1 N–H and O–H groups in total. The van der Waals surface area contributed by atoms with E-state index in [-0.39, 0.29) is 5.91 Å². The average Bonchev–Trinajstić information content (AvgIpc) is 2.81. The number of carboxylic acids is 1. The molecule has 1 aromatic carbocycles. The van der Waals surface area contributed by atoms with Crippen LogP contribution in [0.1, 0.15) is 21.5 Å². The molecular weight excluding hydrogens is 250 g/mol. The number of hydrogen-bond acceptors (Lipinski definition) is 3. The molecule has 2 rings (SSSR count). The monoisotopic (exact) mass is 265 g/mol. The van der Waals surface area contributed by atoms with Gasteiger partial charge in [0, 0.05) is 11.3 Å². The molecule has 1 saturated heterocycles. The Morgan fingerprint density at radius 3 is 2.67 bits per heavy atom. The van der Waals surface area contributed by atoms with Gasteiger partial charge in [0.1, 0.15) is 6.04 Å². The zero-order chi connectivity index (χ0) is 13.3. The fourth-order valence-electron chi connectivity index (χ4n) is 1.89. The van der Waals surface area contributed by atoms with Crippen molar-refractivity contribution in [1.29, 1.82) is 0 Å². The van der Waals surface area contributed by atoms with Gasteiger partial charge in [-0.3, -0.25) is 4.79 Å². The van der Waals surface area contributed by atoms with E-state index >= 15 is 0 Å². The number of hydrogen-bond donors (Lipinski definition) is 1. The molecule has 96 valence electrons. The normalized spacial score (nSPS) is 19.0. The van der Waals surface area contributed by atoms with E-state index < -0.39 is 12.0 Å². The number of aliphatic carboxylic acids is 1. The summed E-state index contributed by atoms with van der Waals surface area (Å²) in [6.07, 6.45) is 0. The first kappa shape index (κ1) is 13.0. The predicted octanol–water partition coefficient (Wildman–Crippen LogP) is 1.90. The van der Waals surface area contributed by atoms with Crippen molar-refractivity contribution in [3.8, 4) is 0 Å². The van der Waals surface area contributed by atoms with Gasteiger partial charge in [0.2, 0.25) is 0 Å². The molecule has 1 fully saturated rings. The zero-order valence-electron chi connectivity index (χ0n) is 10.3. The van der Waals surface area contributed by atoms with Crippen molar-refractivity contribution < 1.29 is 14.7 Å². The summed E-state index contributed by atoms with van der Waals surface area (Å²) in [5.41, 5.74) is 2.73. The fourth-order valence-corrected chi connectivity index (χ4v) is 3.03. The Balaban J connectivity index is 2.25. The van der Waals surface area contributed by atoms with Crippen LogP contribution in [0.3, 0.4) is 0 Å². The summed E-state index contributed by atoms with van der Waals surface area (Å²) < 4.78 is 0. The molecule has 5 heteroatoms. The van der Waals surface area contributed by atoms with E-state index in [2.05, 4.69) is 0 Å². The summed E-state index contributed by atoms with van der Waals surface area (Å²) in [6, 6.07) is 4.76. The minimum atomic E-state index is -0.933. The zero-order valence-corrected chi connectivity index (χ0v) is 11.2. The maximum atomic E-state index is 12.3. The fraction of sp³-hybridized carbons (Fsp3) is 0.385. The molecule has 1 amide bonds. The third kappa shape index (κ3) is 2.36. The van der Waals surface area contributed by atoms with Crippen LogP contribution in [-0.4, -0.2) is 39.6 Å². The third-order valence-electron chi connectivity index (χ3n) is 3.18. The highest BCUT2D eigenvalue weighted by atomic mass is 32.2. The summed E-state index contributed by atoms with van der Waals surface area (Å²) in [4.78, 5) is 24.8. The Morgan fingerprint density at radius 1 is 1.33 bits per heavy atom. The Bertz CT molecular complexity index is 501. The molecule has 0 saturated carbocycles. The lowest BCUT2D eigenvalue weighted by Crippen LogP contribution is -2.41. The summed E-state index contributed by atoms with van der Waals surface area (Å²) in [6.45, 7) is 3.93. The Labute approximate surface area is 110 Å². The number of carbonyl (C=O) groups is 2. The van der Waals surface area contributed by atoms with Crippen LogP contribution >= 0.6 is 11.8 Å². The van der Waals surface area contributed by atoms with E-state index in [1.165, 1.54) is 16.7 Å². The summed E-state index contributed by atoms with van der Waals surface area (Å²) in [7, 11) is 0. The van der Waals surface area contributed by atoms with Crippen molar-refractivity contribution in [2.45, 2.75) is 19.9 Å². The number of nitrogens with zero attached hydrogens (tertiary/aromatic N) is 1. The van der Waals surface area contributed by atoms with Gasteiger partial charge >= 0.3 is 5.97 Å². The molecule has 0 aromatic heterocycles. The molecule has 0 bridgehead atoms. The van der Waals surface area contributed by atoms with Crippen molar-refractivity contribution in [2.24, 2.45) is 0 Å². The first-order valence-corrected chi connectivity index (χ1v) is 6.85. The summed E-state index contributed by atoms with van der Waals surface area (Å²) >= 11 is 1.47. The van der Waals surface area contributed by atoms with E-state index in [4.69, 9.17) is 5.11 Å².